The molecule has 0 bridgehead atoms. The van der Waals surface area contributed by atoms with Gasteiger partial charge in [-0.25, -0.2) is 13.1 Å². The van der Waals surface area contributed by atoms with Gasteiger partial charge < -0.3 is 9.80 Å². The van der Waals surface area contributed by atoms with Crippen molar-refractivity contribution in [1.82, 2.24) is 4.72 Å². The lowest BCUT2D eigenvalue weighted by atomic mass is 10.1. The van der Waals surface area contributed by atoms with Gasteiger partial charge in [-0.05, 0) is 18.6 Å². The third-order valence-electron chi connectivity index (χ3n) is 4.53. The molecule has 5 nitrogen and oxygen atoms in total. The van der Waals surface area contributed by atoms with Crippen LogP contribution in [-0.2, 0) is 10.0 Å². The Hall–Kier alpha value is -1.11. The standard InChI is InChI=1S/C17H29N3O2S/c1-4-13-23(21,22)18-14-17(20-11-5-6-12-20)15-7-9-16(10-8-15)19(2)3/h7-10,17-18H,4-6,11-14H2,1-3H3/p+1/t17-/m0/s1. The van der Waals surface area contributed by atoms with Crippen LogP contribution in [0.2, 0.25) is 0 Å². The van der Waals surface area contributed by atoms with Crippen LogP contribution in [0.3, 0.4) is 0 Å². The van der Waals surface area contributed by atoms with Gasteiger partial charge in [0, 0.05) is 38.2 Å². The first-order chi connectivity index (χ1) is 10.9. The van der Waals surface area contributed by atoms with Gasteiger partial charge in [0.2, 0.25) is 10.0 Å². The molecule has 130 valence electrons. The Morgan fingerprint density at radius 3 is 2.30 bits per heavy atom. The molecule has 0 unspecified atom stereocenters. The van der Waals surface area contributed by atoms with Gasteiger partial charge in [-0.2, -0.15) is 0 Å². The number of anilines is 1. The number of rotatable bonds is 8. The second-order valence-electron chi connectivity index (χ2n) is 6.57. The van der Waals surface area contributed by atoms with Crippen LogP contribution in [0.1, 0.15) is 37.8 Å². The molecule has 1 saturated heterocycles. The highest BCUT2D eigenvalue weighted by molar-refractivity contribution is 7.89. The highest BCUT2D eigenvalue weighted by Gasteiger charge is 2.28. The van der Waals surface area contributed by atoms with Crippen LogP contribution in [0.4, 0.5) is 5.69 Å². The molecule has 1 atom stereocenters. The van der Waals surface area contributed by atoms with Gasteiger partial charge in [0.25, 0.3) is 0 Å². The van der Waals surface area contributed by atoms with Crippen LogP contribution in [0.25, 0.3) is 0 Å². The summed E-state index contributed by atoms with van der Waals surface area (Å²) in [5.41, 5.74) is 2.38. The zero-order chi connectivity index (χ0) is 16.9. The van der Waals surface area contributed by atoms with Crippen LogP contribution in [0.15, 0.2) is 24.3 Å². The van der Waals surface area contributed by atoms with Crippen molar-refractivity contribution in [2.45, 2.75) is 32.2 Å². The van der Waals surface area contributed by atoms with Crippen molar-refractivity contribution >= 4 is 15.7 Å². The summed E-state index contributed by atoms with van der Waals surface area (Å²) < 4.78 is 26.8. The maximum Gasteiger partial charge on any atom is 0.211 e. The van der Waals surface area contributed by atoms with E-state index in [9.17, 15) is 8.42 Å². The Labute approximate surface area is 140 Å². The number of hydrogen-bond acceptors (Lipinski definition) is 3. The molecule has 1 aromatic rings. The van der Waals surface area contributed by atoms with Gasteiger partial charge in [0.15, 0.2) is 0 Å². The predicted octanol–water partition coefficient (Wildman–Crippen LogP) is 0.802. The van der Waals surface area contributed by atoms with Gasteiger partial charge >= 0.3 is 0 Å². The van der Waals surface area contributed by atoms with E-state index in [2.05, 4.69) is 33.9 Å². The average Bonchev–Trinajstić information content (AvgIpc) is 3.02. The topological polar surface area (TPSA) is 53.9 Å². The van der Waals surface area contributed by atoms with Crippen LogP contribution >= 0.6 is 0 Å². The molecular formula is C17H30N3O2S+. The Bertz CT molecular complexity index is 578. The van der Waals surface area contributed by atoms with E-state index in [0.717, 1.165) is 18.8 Å². The molecule has 0 aromatic heterocycles. The lowest BCUT2D eigenvalue weighted by Gasteiger charge is -2.26. The molecule has 2 rings (SSSR count). The molecular weight excluding hydrogens is 310 g/mol. The first-order valence-electron chi connectivity index (χ1n) is 8.52. The number of hydrogen-bond donors (Lipinski definition) is 2. The smallest absolute Gasteiger partial charge is 0.211 e. The maximum absolute atomic E-state index is 12.0. The average molecular weight is 341 g/mol. The summed E-state index contributed by atoms with van der Waals surface area (Å²) in [4.78, 5) is 3.56. The van der Waals surface area contributed by atoms with E-state index in [-0.39, 0.29) is 11.8 Å². The Morgan fingerprint density at radius 2 is 1.78 bits per heavy atom. The predicted molar refractivity (Wildman–Crippen MR) is 95.5 cm³/mol. The summed E-state index contributed by atoms with van der Waals surface area (Å²) in [7, 11) is 0.892. The van der Waals surface area contributed by atoms with E-state index in [0.29, 0.717) is 13.0 Å². The normalized spacial score (nSPS) is 17.3. The highest BCUT2D eigenvalue weighted by Crippen LogP contribution is 2.17. The lowest BCUT2D eigenvalue weighted by Crippen LogP contribution is -3.11. The Morgan fingerprint density at radius 1 is 1.17 bits per heavy atom. The van der Waals surface area contributed by atoms with Gasteiger partial charge in [0.05, 0.1) is 25.4 Å². The summed E-state index contributed by atoms with van der Waals surface area (Å²) >= 11 is 0. The van der Waals surface area contributed by atoms with Crippen molar-refractivity contribution in [3.63, 3.8) is 0 Å². The highest BCUT2D eigenvalue weighted by atomic mass is 32.2. The minimum Gasteiger partial charge on any atom is -0.378 e. The second kappa shape index (κ2) is 8.13. The lowest BCUT2D eigenvalue weighted by molar-refractivity contribution is -0.918. The number of likely N-dealkylation sites (tertiary alicyclic amines) is 1. The Kier molecular flexibility index (Phi) is 6.44. The minimum absolute atomic E-state index is 0.195. The molecule has 0 aliphatic carbocycles. The van der Waals surface area contributed by atoms with Crippen LogP contribution in [-0.4, -0.2) is 47.9 Å². The quantitative estimate of drug-likeness (QED) is 0.736. The zero-order valence-corrected chi connectivity index (χ0v) is 15.3. The summed E-state index contributed by atoms with van der Waals surface area (Å²) in [6, 6.07) is 8.69. The number of benzene rings is 1. The molecule has 0 saturated carbocycles. The van der Waals surface area contributed by atoms with Gasteiger partial charge in [0.1, 0.15) is 6.04 Å². The largest absolute Gasteiger partial charge is 0.378 e. The van der Waals surface area contributed by atoms with Crippen molar-refractivity contribution in [3.05, 3.63) is 29.8 Å². The summed E-state index contributed by atoms with van der Waals surface area (Å²) in [6.45, 7) is 4.62. The molecule has 1 aromatic carbocycles. The minimum atomic E-state index is -3.16. The zero-order valence-electron chi connectivity index (χ0n) is 14.5. The number of nitrogens with zero attached hydrogens (tertiary/aromatic N) is 1. The number of quaternary nitrogens is 1. The molecule has 0 radical (unpaired) electrons. The number of sulfonamides is 1. The molecule has 23 heavy (non-hydrogen) atoms. The van der Waals surface area contributed by atoms with Gasteiger partial charge in [-0.1, -0.05) is 19.1 Å². The molecule has 1 heterocycles. The SMILES string of the molecule is CCCS(=O)(=O)NC[C@@H](c1ccc(N(C)C)cc1)[NH+]1CCCC1. The summed E-state index contributed by atoms with van der Waals surface area (Å²) in [6.07, 6.45) is 3.10. The molecule has 0 spiro atoms. The molecule has 0 amide bonds. The maximum atomic E-state index is 12.0. The van der Waals surface area contributed by atoms with E-state index in [4.69, 9.17) is 0 Å². The van der Waals surface area contributed by atoms with Crippen molar-refractivity contribution in [2.75, 3.05) is 44.4 Å². The fourth-order valence-corrected chi connectivity index (χ4v) is 4.33. The first-order valence-corrected chi connectivity index (χ1v) is 10.2. The number of nitrogens with one attached hydrogen (secondary N) is 2. The van der Waals surface area contributed by atoms with Gasteiger partial charge in [-0.15, -0.1) is 0 Å². The fourth-order valence-electron chi connectivity index (χ4n) is 3.23. The van der Waals surface area contributed by atoms with Crippen molar-refractivity contribution in [1.29, 1.82) is 0 Å². The van der Waals surface area contributed by atoms with Crippen LogP contribution in [0.5, 0.6) is 0 Å². The molecule has 2 N–H and O–H groups in total. The van der Waals surface area contributed by atoms with Gasteiger partial charge in [-0.3, -0.25) is 0 Å². The molecule has 1 aliphatic rings. The fraction of sp³-hybridized carbons (Fsp3) is 0.647. The molecule has 6 heteroatoms. The van der Waals surface area contributed by atoms with Crippen LogP contribution in [0, 0.1) is 0 Å². The molecule has 1 aliphatic heterocycles. The van der Waals surface area contributed by atoms with E-state index in [1.165, 1.54) is 23.3 Å². The third kappa shape index (κ3) is 5.19. The van der Waals surface area contributed by atoms with E-state index >= 15 is 0 Å². The first kappa shape index (κ1) is 18.2. The summed E-state index contributed by atoms with van der Waals surface area (Å²) in [5.74, 6) is 0.203. The van der Waals surface area contributed by atoms with Crippen molar-refractivity contribution < 1.29 is 13.3 Å². The van der Waals surface area contributed by atoms with E-state index in [1.54, 1.807) is 0 Å². The van der Waals surface area contributed by atoms with E-state index in [1.807, 2.05) is 21.0 Å². The van der Waals surface area contributed by atoms with Crippen LogP contribution < -0.4 is 14.5 Å². The van der Waals surface area contributed by atoms with Crippen molar-refractivity contribution in [3.8, 4) is 0 Å². The third-order valence-corrected chi connectivity index (χ3v) is 6.08. The van der Waals surface area contributed by atoms with Crippen molar-refractivity contribution in [2.24, 2.45) is 0 Å². The second-order valence-corrected chi connectivity index (χ2v) is 8.50. The Balaban J connectivity index is 2.13. The monoisotopic (exact) mass is 340 g/mol. The van der Waals surface area contributed by atoms with E-state index < -0.39 is 10.0 Å². The molecule has 1 fully saturated rings. The summed E-state index contributed by atoms with van der Waals surface area (Å²) in [5, 5.41) is 0.